The Labute approximate surface area is 155 Å². The van der Waals surface area contributed by atoms with Crippen molar-refractivity contribution < 1.29 is 14.3 Å². The number of esters is 1. The van der Waals surface area contributed by atoms with E-state index in [0.29, 0.717) is 10.6 Å². The van der Waals surface area contributed by atoms with Crippen LogP contribution in [-0.2, 0) is 22.4 Å². The van der Waals surface area contributed by atoms with Gasteiger partial charge in [-0.05, 0) is 56.4 Å². The number of thiophene rings is 1. The van der Waals surface area contributed by atoms with Gasteiger partial charge in [-0.1, -0.05) is 18.0 Å². The lowest BCUT2D eigenvalue weighted by Crippen LogP contribution is -2.30. The van der Waals surface area contributed by atoms with Crippen LogP contribution < -0.4 is 5.32 Å². The minimum Gasteiger partial charge on any atom is -0.448 e. The van der Waals surface area contributed by atoms with E-state index in [9.17, 15) is 9.59 Å². The van der Waals surface area contributed by atoms with Crippen molar-refractivity contribution >= 4 is 40.5 Å². The Balaban J connectivity index is 1.62. The van der Waals surface area contributed by atoms with Crippen molar-refractivity contribution in [2.45, 2.75) is 45.1 Å². The van der Waals surface area contributed by atoms with E-state index in [1.807, 2.05) is 6.07 Å². The van der Waals surface area contributed by atoms with Crippen LogP contribution in [-0.4, -0.2) is 23.0 Å². The molecule has 0 bridgehead atoms. The Hall–Kier alpha value is -1.92. The van der Waals surface area contributed by atoms with Gasteiger partial charge in [0.1, 0.15) is 4.88 Å². The van der Waals surface area contributed by atoms with Crippen LogP contribution in [0.2, 0.25) is 5.15 Å². The van der Waals surface area contributed by atoms with Crippen molar-refractivity contribution in [3.8, 4) is 0 Å². The molecule has 1 N–H and O–H groups in total. The van der Waals surface area contributed by atoms with Gasteiger partial charge in [-0.2, -0.15) is 0 Å². The molecule has 2 heterocycles. The number of anilines is 1. The molecule has 0 aromatic carbocycles. The van der Waals surface area contributed by atoms with Gasteiger partial charge in [-0.15, -0.1) is 11.3 Å². The number of aryl methyl sites for hydroxylation is 2. The van der Waals surface area contributed by atoms with Crippen LogP contribution >= 0.6 is 22.9 Å². The van der Waals surface area contributed by atoms with Crippen LogP contribution in [0.5, 0.6) is 0 Å². The third kappa shape index (κ3) is 4.38. The van der Waals surface area contributed by atoms with Gasteiger partial charge in [0.2, 0.25) is 0 Å². The Morgan fingerprint density at radius 1 is 1.32 bits per heavy atom. The van der Waals surface area contributed by atoms with E-state index < -0.39 is 18.0 Å². The first kappa shape index (κ1) is 17.9. The van der Waals surface area contributed by atoms with Crippen molar-refractivity contribution in [3.63, 3.8) is 0 Å². The Morgan fingerprint density at radius 2 is 2.12 bits per heavy atom. The molecule has 2 aromatic heterocycles. The summed E-state index contributed by atoms with van der Waals surface area (Å²) in [6, 6.07) is 5.21. The van der Waals surface area contributed by atoms with Crippen LogP contribution in [0.1, 0.15) is 46.3 Å². The summed E-state index contributed by atoms with van der Waals surface area (Å²) in [5, 5.41) is 2.81. The summed E-state index contributed by atoms with van der Waals surface area (Å²) in [4.78, 5) is 30.3. The lowest BCUT2D eigenvalue weighted by molar-refractivity contribution is -0.123. The van der Waals surface area contributed by atoms with Crippen LogP contribution in [0.25, 0.3) is 0 Å². The summed E-state index contributed by atoms with van der Waals surface area (Å²) in [5.74, 6) is -0.903. The van der Waals surface area contributed by atoms with Crippen molar-refractivity contribution in [3.05, 3.63) is 44.9 Å². The van der Waals surface area contributed by atoms with Gasteiger partial charge in [0, 0.05) is 11.1 Å². The number of rotatable bonds is 4. The van der Waals surface area contributed by atoms with Crippen LogP contribution in [0, 0.1) is 0 Å². The second-order valence-corrected chi connectivity index (χ2v) is 7.49. The van der Waals surface area contributed by atoms with Crippen molar-refractivity contribution in [2.24, 2.45) is 0 Å². The molecule has 25 heavy (non-hydrogen) atoms. The number of carbonyl (C=O) groups is 2. The highest BCUT2D eigenvalue weighted by Crippen LogP contribution is 2.29. The number of amides is 1. The summed E-state index contributed by atoms with van der Waals surface area (Å²) in [7, 11) is 0. The highest BCUT2D eigenvalue weighted by atomic mass is 35.5. The van der Waals surface area contributed by atoms with E-state index in [-0.39, 0.29) is 5.15 Å². The Morgan fingerprint density at radius 3 is 2.92 bits per heavy atom. The van der Waals surface area contributed by atoms with Gasteiger partial charge < -0.3 is 10.1 Å². The van der Waals surface area contributed by atoms with Crippen molar-refractivity contribution in [1.29, 1.82) is 0 Å². The Bertz CT molecular complexity index is 767. The van der Waals surface area contributed by atoms with Crippen molar-refractivity contribution in [2.75, 3.05) is 5.32 Å². The summed E-state index contributed by atoms with van der Waals surface area (Å²) in [6.07, 6.45) is 6.18. The minimum atomic E-state index is -0.925. The lowest BCUT2D eigenvalue weighted by atomic mass is 10.1. The molecule has 1 atom stereocenters. The van der Waals surface area contributed by atoms with Crippen LogP contribution in [0.3, 0.4) is 0 Å². The maximum absolute atomic E-state index is 12.4. The summed E-state index contributed by atoms with van der Waals surface area (Å²) in [5.41, 5.74) is 1.63. The SMILES string of the molecule is CC(OC(=O)c1cc2c(s1)CCCCC2)C(=O)Nc1cccnc1Cl. The molecule has 5 nitrogen and oxygen atoms in total. The molecule has 1 amide bonds. The second-order valence-electron chi connectivity index (χ2n) is 6.00. The predicted octanol–water partition coefficient (Wildman–Crippen LogP) is 4.25. The van der Waals surface area contributed by atoms with Gasteiger partial charge in [-0.3, -0.25) is 4.79 Å². The standard InChI is InChI=1S/C18H19ClN2O3S/c1-11(17(22)21-13-7-5-9-20-16(13)19)24-18(23)15-10-12-6-3-2-4-8-14(12)25-15/h5,7,9-11H,2-4,6,8H2,1H3,(H,21,22). The first-order valence-electron chi connectivity index (χ1n) is 8.28. The molecule has 0 aliphatic heterocycles. The maximum Gasteiger partial charge on any atom is 0.349 e. The zero-order chi connectivity index (χ0) is 17.8. The van der Waals surface area contributed by atoms with E-state index in [4.69, 9.17) is 16.3 Å². The third-order valence-electron chi connectivity index (χ3n) is 4.12. The Kier molecular flexibility index (Phi) is 5.71. The van der Waals surface area contributed by atoms with Crippen LogP contribution in [0.15, 0.2) is 24.4 Å². The molecule has 1 unspecified atom stereocenters. The topological polar surface area (TPSA) is 68.3 Å². The number of fused-ring (bicyclic) bond motifs is 1. The van der Waals surface area contributed by atoms with E-state index in [2.05, 4.69) is 10.3 Å². The summed E-state index contributed by atoms with van der Waals surface area (Å²) >= 11 is 7.39. The van der Waals surface area contributed by atoms with Gasteiger partial charge >= 0.3 is 5.97 Å². The molecule has 0 spiro atoms. The molecule has 0 saturated heterocycles. The molecular formula is C18H19ClN2O3S. The number of ether oxygens (including phenoxy) is 1. The summed E-state index contributed by atoms with van der Waals surface area (Å²) < 4.78 is 5.32. The number of hydrogen-bond donors (Lipinski definition) is 1. The third-order valence-corrected chi connectivity index (χ3v) is 5.64. The molecule has 2 aromatic rings. The first-order valence-corrected chi connectivity index (χ1v) is 9.48. The fourth-order valence-electron chi connectivity index (χ4n) is 2.75. The monoisotopic (exact) mass is 378 g/mol. The molecule has 1 aliphatic rings. The molecule has 0 fully saturated rings. The largest absolute Gasteiger partial charge is 0.448 e. The molecule has 0 saturated carbocycles. The number of nitrogens with zero attached hydrogens (tertiary/aromatic N) is 1. The van der Waals surface area contributed by atoms with Crippen LogP contribution in [0.4, 0.5) is 5.69 Å². The van der Waals surface area contributed by atoms with E-state index in [1.165, 1.54) is 41.3 Å². The van der Waals surface area contributed by atoms with Crippen molar-refractivity contribution in [1.82, 2.24) is 4.98 Å². The minimum absolute atomic E-state index is 0.191. The first-order chi connectivity index (χ1) is 12.0. The van der Waals surface area contributed by atoms with Gasteiger partial charge in [0.05, 0.1) is 5.69 Å². The number of aromatic nitrogens is 1. The molecule has 7 heteroatoms. The quantitative estimate of drug-likeness (QED) is 0.490. The highest BCUT2D eigenvalue weighted by Gasteiger charge is 2.23. The molecule has 1 aliphatic carbocycles. The average Bonchev–Trinajstić information content (AvgIpc) is 2.88. The fourth-order valence-corrected chi connectivity index (χ4v) is 4.06. The number of hydrogen-bond acceptors (Lipinski definition) is 5. The smallest absolute Gasteiger partial charge is 0.349 e. The summed E-state index contributed by atoms with van der Waals surface area (Å²) in [6.45, 7) is 1.54. The number of nitrogens with one attached hydrogen (secondary N) is 1. The van der Waals surface area contributed by atoms with E-state index in [1.54, 1.807) is 12.1 Å². The lowest BCUT2D eigenvalue weighted by Gasteiger charge is -2.13. The predicted molar refractivity (Wildman–Crippen MR) is 98.3 cm³/mol. The highest BCUT2D eigenvalue weighted by molar-refractivity contribution is 7.14. The number of carbonyl (C=O) groups excluding carboxylic acids is 2. The molecule has 0 radical (unpaired) electrons. The zero-order valence-corrected chi connectivity index (χ0v) is 15.5. The molecule has 132 valence electrons. The zero-order valence-electron chi connectivity index (χ0n) is 13.9. The normalized spacial score (nSPS) is 15.0. The number of halogens is 1. The second kappa shape index (κ2) is 7.97. The average molecular weight is 379 g/mol. The molecular weight excluding hydrogens is 360 g/mol. The fraction of sp³-hybridized carbons (Fsp3) is 0.389. The maximum atomic E-state index is 12.4. The van der Waals surface area contributed by atoms with E-state index >= 15 is 0 Å². The van der Waals surface area contributed by atoms with E-state index in [0.717, 1.165) is 25.7 Å². The molecule has 3 rings (SSSR count). The van der Waals surface area contributed by atoms with Gasteiger partial charge in [0.25, 0.3) is 5.91 Å². The van der Waals surface area contributed by atoms with Gasteiger partial charge in [-0.25, -0.2) is 9.78 Å². The number of pyridine rings is 1. The van der Waals surface area contributed by atoms with Gasteiger partial charge in [0.15, 0.2) is 11.3 Å².